The summed E-state index contributed by atoms with van der Waals surface area (Å²) in [5, 5.41) is 7.31. The molecule has 3 amide bonds. The minimum atomic E-state index is -4.89. The lowest BCUT2D eigenvalue weighted by Crippen LogP contribution is -2.52. The summed E-state index contributed by atoms with van der Waals surface area (Å²) in [6, 6.07) is 0. The van der Waals surface area contributed by atoms with Crippen LogP contribution in [0, 0.1) is 0 Å². The van der Waals surface area contributed by atoms with Gasteiger partial charge in [-0.15, -0.1) is 0 Å². The highest BCUT2D eigenvalue weighted by Gasteiger charge is 2.38. The van der Waals surface area contributed by atoms with Crippen molar-refractivity contribution < 1.29 is 36.8 Å². The number of quaternary nitrogens is 1. The van der Waals surface area contributed by atoms with Crippen LogP contribution in [0.15, 0.2) is 0 Å². The highest BCUT2D eigenvalue weighted by molar-refractivity contribution is 14.1. The predicted octanol–water partition coefficient (Wildman–Crippen LogP) is 4.06. The first-order chi connectivity index (χ1) is 14.6. The molecule has 188 valence electrons. The average Bonchev–Trinajstić information content (AvgIpc) is 2.62. The second kappa shape index (κ2) is 14.4. The second-order valence-corrected chi connectivity index (χ2v) is 10.6. The van der Waals surface area contributed by atoms with Crippen LogP contribution in [0.1, 0.15) is 46.5 Å². The zero-order chi connectivity index (χ0) is 25.0. The summed E-state index contributed by atoms with van der Waals surface area (Å²) < 4.78 is 42.5. The third-order valence-electron chi connectivity index (χ3n) is 4.48. The summed E-state index contributed by atoms with van der Waals surface area (Å²) in [7, 11) is 1.97. The number of unbranched alkanes of at least 4 members (excludes halogenated alkanes) is 1. The minimum absolute atomic E-state index is 0.0529. The molecule has 0 aliphatic carbocycles. The van der Waals surface area contributed by atoms with Crippen molar-refractivity contribution in [2.75, 3.05) is 39.8 Å². The second-order valence-electron chi connectivity index (χ2n) is 8.59. The van der Waals surface area contributed by atoms with Gasteiger partial charge in [0.1, 0.15) is 10.6 Å². The lowest BCUT2D eigenvalue weighted by atomic mass is 10.2. The summed E-state index contributed by atoms with van der Waals surface area (Å²) >= 11 is 5.30. The summed E-state index contributed by atoms with van der Waals surface area (Å²) in [5.74, 6) is -1.94. The quantitative estimate of drug-likeness (QED) is 0.0703. The number of hydrogen-bond donors (Lipinski definition) is 3. The summed E-state index contributed by atoms with van der Waals surface area (Å²) in [4.78, 5) is 33.7. The molecule has 0 bridgehead atoms. The van der Waals surface area contributed by atoms with Crippen LogP contribution in [0.3, 0.4) is 0 Å². The van der Waals surface area contributed by atoms with Gasteiger partial charge in [0.05, 0.1) is 20.1 Å². The maximum absolute atomic E-state index is 12.3. The summed E-state index contributed by atoms with van der Waals surface area (Å²) in [6.45, 7) is 7.36. The van der Waals surface area contributed by atoms with Crippen molar-refractivity contribution >= 4 is 54.4 Å². The van der Waals surface area contributed by atoms with Gasteiger partial charge in [0.2, 0.25) is 0 Å². The van der Waals surface area contributed by atoms with Gasteiger partial charge in [-0.3, -0.25) is 9.59 Å². The number of ether oxygens (including phenoxy) is 1. The SMILES string of the molecule is CC(C)(C)OC(=O)NCCCC[N+](C)(CCCNC(=O)C(F)(F)F)C(Br)CCNC(=O)I. The fraction of sp³-hybridized carbons (Fsp3) is 0.842. The molecule has 32 heavy (non-hydrogen) atoms. The number of hydrogen-bond acceptors (Lipinski definition) is 4. The molecule has 2 atom stereocenters. The Hall–Kier alpha value is -0.830. The van der Waals surface area contributed by atoms with Gasteiger partial charge in [0, 0.05) is 55.1 Å². The normalized spacial score (nSPS) is 14.8. The Labute approximate surface area is 209 Å². The molecular formula is C19H34BrF3IN4O4+. The number of carbonyl (C=O) groups is 3. The minimum Gasteiger partial charge on any atom is -0.444 e. The number of alkyl carbamates (subject to hydrolysis) is 1. The molecule has 0 saturated heterocycles. The van der Waals surface area contributed by atoms with Crippen molar-refractivity contribution in [3.8, 4) is 0 Å². The van der Waals surface area contributed by atoms with Gasteiger partial charge in [-0.1, -0.05) is 0 Å². The summed E-state index contributed by atoms with van der Waals surface area (Å²) in [6.07, 6.45) is -2.95. The molecule has 0 rings (SSSR count). The molecule has 0 aromatic heterocycles. The van der Waals surface area contributed by atoms with E-state index >= 15 is 0 Å². The number of nitrogens with zero attached hydrogens (tertiary/aromatic N) is 1. The average molecular weight is 646 g/mol. The number of rotatable bonds is 13. The Morgan fingerprint density at radius 1 is 0.969 bits per heavy atom. The van der Waals surface area contributed by atoms with Crippen molar-refractivity contribution in [2.45, 2.75) is 63.2 Å². The van der Waals surface area contributed by atoms with E-state index in [1.54, 1.807) is 43.4 Å². The molecule has 0 aliphatic heterocycles. The standard InChI is InChI=1S/C19H33BrF3IN4O4/c1-18(2,3)32-17(31)27-9-5-6-12-28(4,14(20)8-11-26-16(24)30)13-7-10-25-15(29)19(21,22)23/h14H,5-13H2,1-4H3,(H2-,25,26,27,29,30,31)/p+1. The summed E-state index contributed by atoms with van der Waals surface area (Å²) in [5.41, 5.74) is -0.572. The van der Waals surface area contributed by atoms with Crippen molar-refractivity contribution in [1.29, 1.82) is 0 Å². The maximum atomic E-state index is 12.3. The molecule has 0 radical (unpaired) electrons. The first-order valence-corrected chi connectivity index (χ1v) is 12.3. The Morgan fingerprint density at radius 3 is 2.06 bits per heavy atom. The van der Waals surface area contributed by atoms with Crippen LogP contribution >= 0.6 is 38.5 Å². The highest BCUT2D eigenvalue weighted by atomic mass is 127. The first kappa shape index (κ1) is 31.2. The number of carbonyl (C=O) groups excluding carboxylic acids is 3. The van der Waals surface area contributed by atoms with E-state index in [0.29, 0.717) is 49.9 Å². The molecular weight excluding hydrogens is 612 g/mol. The smallest absolute Gasteiger partial charge is 0.444 e. The third-order valence-corrected chi connectivity index (χ3v) is 6.30. The van der Waals surface area contributed by atoms with Gasteiger partial charge in [-0.25, -0.2) is 4.79 Å². The lowest BCUT2D eigenvalue weighted by molar-refractivity contribution is -0.918. The fourth-order valence-electron chi connectivity index (χ4n) is 2.84. The first-order valence-electron chi connectivity index (χ1n) is 10.3. The van der Waals surface area contributed by atoms with E-state index in [1.807, 2.05) is 12.4 Å². The molecule has 0 aromatic rings. The van der Waals surface area contributed by atoms with E-state index in [-0.39, 0.29) is 15.4 Å². The Morgan fingerprint density at radius 2 is 1.53 bits per heavy atom. The van der Waals surface area contributed by atoms with Crippen LogP contribution in [0.5, 0.6) is 0 Å². The van der Waals surface area contributed by atoms with Crippen LogP contribution < -0.4 is 16.0 Å². The van der Waals surface area contributed by atoms with E-state index in [0.717, 1.165) is 6.42 Å². The third kappa shape index (κ3) is 15.1. The van der Waals surface area contributed by atoms with Gasteiger partial charge in [0.15, 0.2) is 0 Å². The van der Waals surface area contributed by atoms with E-state index in [1.165, 1.54) is 0 Å². The molecule has 3 N–H and O–H groups in total. The van der Waals surface area contributed by atoms with Crippen LogP contribution in [0.2, 0.25) is 0 Å². The zero-order valence-electron chi connectivity index (χ0n) is 18.9. The van der Waals surface area contributed by atoms with Crippen molar-refractivity contribution in [1.82, 2.24) is 16.0 Å². The monoisotopic (exact) mass is 645 g/mol. The number of halogens is 5. The zero-order valence-corrected chi connectivity index (χ0v) is 22.7. The van der Waals surface area contributed by atoms with E-state index in [4.69, 9.17) is 4.74 Å². The molecule has 0 heterocycles. The van der Waals surface area contributed by atoms with Crippen LogP contribution in [-0.2, 0) is 9.53 Å². The van der Waals surface area contributed by atoms with Crippen molar-refractivity contribution in [3.05, 3.63) is 0 Å². The van der Waals surface area contributed by atoms with Gasteiger partial charge >= 0.3 is 18.2 Å². The Bertz CT molecular complexity index is 620. The number of amides is 3. The van der Waals surface area contributed by atoms with E-state index < -0.39 is 23.8 Å². The lowest BCUT2D eigenvalue weighted by Gasteiger charge is -2.39. The van der Waals surface area contributed by atoms with Gasteiger partial charge in [0.25, 0.3) is 3.91 Å². The molecule has 2 unspecified atom stereocenters. The van der Waals surface area contributed by atoms with Crippen LogP contribution in [-0.4, -0.2) is 76.9 Å². The molecule has 0 fully saturated rings. The molecule has 0 spiro atoms. The highest BCUT2D eigenvalue weighted by Crippen LogP contribution is 2.22. The molecule has 13 heteroatoms. The van der Waals surface area contributed by atoms with Crippen molar-refractivity contribution in [2.24, 2.45) is 0 Å². The number of alkyl halides is 4. The predicted molar refractivity (Wildman–Crippen MR) is 128 cm³/mol. The van der Waals surface area contributed by atoms with E-state index in [2.05, 4.69) is 26.6 Å². The van der Waals surface area contributed by atoms with E-state index in [9.17, 15) is 27.6 Å². The molecule has 0 saturated carbocycles. The Kier molecular flexibility index (Phi) is 14.1. The van der Waals surface area contributed by atoms with Gasteiger partial charge in [-0.05, 0) is 49.5 Å². The van der Waals surface area contributed by atoms with Crippen molar-refractivity contribution in [3.63, 3.8) is 0 Å². The maximum Gasteiger partial charge on any atom is 0.471 e. The molecule has 8 nitrogen and oxygen atoms in total. The fourth-order valence-corrected chi connectivity index (χ4v) is 3.75. The molecule has 0 aliphatic rings. The van der Waals surface area contributed by atoms with Gasteiger partial charge in [-0.2, -0.15) is 13.2 Å². The van der Waals surface area contributed by atoms with Gasteiger partial charge < -0.3 is 25.2 Å². The molecule has 0 aromatic carbocycles. The topological polar surface area (TPSA) is 96.5 Å². The van der Waals surface area contributed by atoms with Crippen LogP contribution in [0.4, 0.5) is 22.8 Å². The Balaban J connectivity index is 4.66. The van der Waals surface area contributed by atoms with Crippen LogP contribution in [0.25, 0.3) is 0 Å². The largest absolute Gasteiger partial charge is 0.471 e. The number of nitrogens with one attached hydrogen (secondary N) is 3.